The van der Waals surface area contributed by atoms with E-state index < -0.39 is 0 Å². The molecule has 27 heavy (non-hydrogen) atoms. The fourth-order valence-electron chi connectivity index (χ4n) is 3.30. The summed E-state index contributed by atoms with van der Waals surface area (Å²) in [6.45, 7) is 0.503. The second kappa shape index (κ2) is 6.72. The zero-order valence-electron chi connectivity index (χ0n) is 13.9. The van der Waals surface area contributed by atoms with Gasteiger partial charge in [0.15, 0.2) is 12.2 Å². The summed E-state index contributed by atoms with van der Waals surface area (Å²) < 4.78 is 9.75. The van der Waals surface area contributed by atoms with Crippen molar-refractivity contribution < 1.29 is 4.42 Å². The van der Waals surface area contributed by atoms with Crippen LogP contribution in [0.3, 0.4) is 0 Å². The summed E-state index contributed by atoms with van der Waals surface area (Å²) in [5, 5.41) is 0. The maximum atomic E-state index is 5.48. The molecule has 0 amide bonds. The van der Waals surface area contributed by atoms with E-state index in [1.54, 1.807) is 6.20 Å². The second-order valence-corrected chi connectivity index (χ2v) is 8.16. The summed E-state index contributed by atoms with van der Waals surface area (Å²) in [4.78, 5) is 13.6. The topological polar surface area (TPSA) is 56.2 Å². The van der Waals surface area contributed by atoms with E-state index in [-0.39, 0.29) is 0 Å². The second-order valence-electron chi connectivity index (χ2n) is 6.08. The van der Waals surface area contributed by atoms with Gasteiger partial charge in [0.2, 0.25) is 0 Å². The van der Waals surface area contributed by atoms with E-state index in [1.165, 1.54) is 9.96 Å². The lowest BCUT2D eigenvalue weighted by atomic mass is 10.0. The van der Waals surface area contributed by atoms with Crippen molar-refractivity contribution in [2.75, 3.05) is 0 Å². The number of imidazole rings is 1. The van der Waals surface area contributed by atoms with Crippen LogP contribution in [0.15, 0.2) is 75.3 Å². The molecular formula is C20H12BrIN4O. The van der Waals surface area contributed by atoms with Gasteiger partial charge >= 0.3 is 0 Å². The normalized spacial score (nSPS) is 12.9. The average molecular weight is 531 g/mol. The third-order valence-corrected chi connectivity index (χ3v) is 5.96. The molecule has 0 unspecified atom stereocenters. The van der Waals surface area contributed by atoms with Gasteiger partial charge in [0, 0.05) is 19.2 Å². The number of benzene rings is 2. The van der Waals surface area contributed by atoms with Crippen LogP contribution in [0.5, 0.6) is 0 Å². The Balaban J connectivity index is 1.77. The van der Waals surface area contributed by atoms with Gasteiger partial charge in [0.25, 0.3) is 0 Å². The van der Waals surface area contributed by atoms with Crippen molar-refractivity contribution in [1.29, 1.82) is 0 Å². The molecule has 2 aromatic heterocycles. The van der Waals surface area contributed by atoms with Gasteiger partial charge in [-0.2, -0.15) is 0 Å². The molecule has 0 aliphatic carbocycles. The molecule has 2 aromatic carbocycles. The summed E-state index contributed by atoms with van der Waals surface area (Å²) in [6, 6.07) is 14.5. The first-order chi connectivity index (χ1) is 13.2. The summed E-state index contributed by atoms with van der Waals surface area (Å²) in [7, 11) is 0. The molecule has 0 saturated heterocycles. The highest BCUT2D eigenvalue weighted by atomic mass is 127. The Morgan fingerprint density at radius 1 is 1.11 bits per heavy atom. The molecule has 0 fully saturated rings. The Kier molecular flexibility index (Phi) is 4.20. The van der Waals surface area contributed by atoms with Crippen LogP contribution in [0.25, 0.3) is 17.1 Å². The summed E-state index contributed by atoms with van der Waals surface area (Å²) in [5.41, 5.74) is 5.96. The lowest BCUT2D eigenvalue weighted by Crippen LogP contribution is -2.08. The van der Waals surface area contributed by atoms with E-state index in [9.17, 15) is 0 Å². The SMILES string of the molecule is Brc1ccc2c(c1)C(c1ccccc1I)=NCc1c(-c3cnco3)ncn1-2. The Hall–Kier alpha value is -2.26. The fourth-order valence-corrected chi connectivity index (χ4v) is 4.31. The largest absolute Gasteiger partial charge is 0.442 e. The van der Waals surface area contributed by atoms with Crippen LogP contribution in [0.4, 0.5) is 0 Å². The van der Waals surface area contributed by atoms with Crippen LogP contribution in [0.2, 0.25) is 0 Å². The minimum atomic E-state index is 0.503. The molecule has 0 radical (unpaired) electrons. The first-order valence-electron chi connectivity index (χ1n) is 8.27. The molecule has 5 rings (SSSR count). The molecule has 7 heteroatoms. The van der Waals surface area contributed by atoms with Gasteiger partial charge in [-0.15, -0.1) is 0 Å². The van der Waals surface area contributed by atoms with Crippen LogP contribution in [0, 0.1) is 3.57 Å². The maximum absolute atomic E-state index is 5.48. The molecule has 0 atom stereocenters. The summed E-state index contributed by atoms with van der Waals surface area (Å²) in [6.07, 6.45) is 4.93. The van der Waals surface area contributed by atoms with E-state index >= 15 is 0 Å². The number of halogens is 2. The van der Waals surface area contributed by atoms with Crippen LogP contribution in [-0.4, -0.2) is 20.2 Å². The molecule has 0 N–H and O–H groups in total. The van der Waals surface area contributed by atoms with Crippen molar-refractivity contribution in [3.8, 4) is 17.1 Å². The van der Waals surface area contributed by atoms with Gasteiger partial charge in [-0.1, -0.05) is 34.1 Å². The molecule has 5 nitrogen and oxygen atoms in total. The van der Waals surface area contributed by atoms with Crippen molar-refractivity contribution in [1.82, 2.24) is 14.5 Å². The highest BCUT2D eigenvalue weighted by molar-refractivity contribution is 14.1. The highest BCUT2D eigenvalue weighted by Crippen LogP contribution is 2.32. The average Bonchev–Trinajstić information content (AvgIpc) is 3.30. The minimum absolute atomic E-state index is 0.503. The van der Waals surface area contributed by atoms with E-state index in [1.807, 2.05) is 24.5 Å². The van der Waals surface area contributed by atoms with Crippen molar-refractivity contribution >= 4 is 44.2 Å². The number of hydrogen-bond acceptors (Lipinski definition) is 4. The Morgan fingerprint density at radius 2 is 2.00 bits per heavy atom. The van der Waals surface area contributed by atoms with Gasteiger partial charge in [-0.3, -0.25) is 9.56 Å². The summed E-state index contributed by atoms with van der Waals surface area (Å²) >= 11 is 5.97. The van der Waals surface area contributed by atoms with Gasteiger partial charge in [-0.05, 0) is 46.9 Å². The molecule has 0 spiro atoms. The molecule has 1 aliphatic rings. The standard InChI is InChI=1S/C20H12BrIN4O/c21-12-5-6-16-14(7-12)19(13-3-1-2-4-15(13)22)24-8-17-20(25-10-26(16)17)18-9-23-11-27-18/h1-7,9-11H,8H2. The number of aliphatic imine (C=N–C) groups is 1. The van der Waals surface area contributed by atoms with Crippen LogP contribution in [0.1, 0.15) is 16.8 Å². The van der Waals surface area contributed by atoms with E-state index in [0.717, 1.165) is 38.4 Å². The lowest BCUT2D eigenvalue weighted by Gasteiger charge is -2.13. The molecule has 0 bridgehead atoms. The molecule has 132 valence electrons. The number of oxazole rings is 1. The van der Waals surface area contributed by atoms with Gasteiger partial charge < -0.3 is 4.42 Å². The number of aromatic nitrogens is 3. The Morgan fingerprint density at radius 3 is 2.81 bits per heavy atom. The van der Waals surface area contributed by atoms with Crippen molar-refractivity contribution in [2.24, 2.45) is 4.99 Å². The Bertz CT molecular complexity index is 1180. The zero-order chi connectivity index (χ0) is 18.4. The number of fused-ring (bicyclic) bond motifs is 3. The monoisotopic (exact) mass is 530 g/mol. The van der Waals surface area contributed by atoms with Crippen molar-refractivity contribution in [3.05, 3.63) is 86.2 Å². The van der Waals surface area contributed by atoms with Crippen LogP contribution < -0.4 is 0 Å². The molecule has 3 heterocycles. The number of rotatable bonds is 2. The zero-order valence-corrected chi connectivity index (χ0v) is 17.7. The van der Waals surface area contributed by atoms with Gasteiger partial charge in [-0.25, -0.2) is 9.97 Å². The van der Waals surface area contributed by atoms with E-state index in [2.05, 4.69) is 77.3 Å². The Labute approximate surface area is 177 Å². The van der Waals surface area contributed by atoms with E-state index in [4.69, 9.17) is 9.41 Å². The van der Waals surface area contributed by atoms with Crippen molar-refractivity contribution in [2.45, 2.75) is 6.54 Å². The third-order valence-electron chi connectivity index (χ3n) is 4.52. The molecule has 0 saturated carbocycles. The predicted molar refractivity (Wildman–Crippen MR) is 115 cm³/mol. The molecular weight excluding hydrogens is 519 g/mol. The summed E-state index contributed by atoms with van der Waals surface area (Å²) in [5.74, 6) is 0.648. The molecule has 4 aromatic rings. The minimum Gasteiger partial charge on any atom is -0.442 e. The van der Waals surface area contributed by atoms with Crippen molar-refractivity contribution in [3.63, 3.8) is 0 Å². The smallest absolute Gasteiger partial charge is 0.181 e. The van der Waals surface area contributed by atoms with Gasteiger partial charge in [0.05, 0.1) is 29.8 Å². The fraction of sp³-hybridized carbons (Fsp3) is 0.0500. The first-order valence-corrected chi connectivity index (χ1v) is 10.1. The first kappa shape index (κ1) is 16.9. The van der Waals surface area contributed by atoms with Crippen LogP contribution in [-0.2, 0) is 6.54 Å². The van der Waals surface area contributed by atoms with Gasteiger partial charge in [0.1, 0.15) is 12.0 Å². The predicted octanol–water partition coefficient (Wildman–Crippen LogP) is 5.25. The molecule has 1 aliphatic heterocycles. The quantitative estimate of drug-likeness (QED) is 0.333. The highest BCUT2D eigenvalue weighted by Gasteiger charge is 2.24. The van der Waals surface area contributed by atoms with E-state index in [0.29, 0.717) is 12.3 Å². The van der Waals surface area contributed by atoms with Crippen LogP contribution >= 0.6 is 38.5 Å². The third kappa shape index (κ3) is 2.85. The maximum Gasteiger partial charge on any atom is 0.181 e. The number of nitrogens with zero attached hydrogens (tertiary/aromatic N) is 4. The number of hydrogen-bond donors (Lipinski definition) is 0. The lowest BCUT2D eigenvalue weighted by molar-refractivity contribution is 0.569.